The van der Waals surface area contributed by atoms with Crippen LogP contribution in [0.4, 0.5) is 0 Å². The lowest BCUT2D eigenvalue weighted by molar-refractivity contribution is 0.0315. The first-order valence-electron chi connectivity index (χ1n) is 6.01. The monoisotopic (exact) mass is 241 g/mol. The third-order valence-corrected chi connectivity index (χ3v) is 3.81. The molecule has 1 aliphatic rings. The Hall–Kier alpha value is -0.480. The summed E-state index contributed by atoms with van der Waals surface area (Å²) in [6, 6.07) is 0. The normalized spacial score (nSPS) is 21.2. The van der Waals surface area contributed by atoms with Crippen LogP contribution in [0.3, 0.4) is 0 Å². The van der Waals surface area contributed by atoms with Crippen LogP contribution in [-0.4, -0.2) is 23.4 Å². The minimum absolute atomic E-state index is 0.444. The highest BCUT2D eigenvalue weighted by molar-refractivity contribution is 7.98. The maximum absolute atomic E-state index is 5.67. The van der Waals surface area contributed by atoms with Crippen LogP contribution in [0.15, 0.2) is 10.6 Å². The van der Waals surface area contributed by atoms with E-state index in [1.165, 1.54) is 19.3 Å². The number of ether oxygens (including phenoxy) is 1. The molecule has 1 atom stereocenters. The van der Waals surface area contributed by atoms with Crippen molar-refractivity contribution in [3.8, 4) is 0 Å². The predicted octanol–water partition coefficient (Wildman–Crippen LogP) is 3.04. The lowest BCUT2D eigenvalue weighted by atomic mass is 10.1. The fourth-order valence-electron chi connectivity index (χ4n) is 1.79. The van der Waals surface area contributed by atoms with Crippen LogP contribution in [0.1, 0.15) is 37.8 Å². The van der Waals surface area contributed by atoms with Gasteiger partial charge in [0.05, 0.1) is 18.1 Å². The molecule has 1 aromatic rings. The molecule has 0 bridgehead atoms. The molecule has 1 aliphatic heterocycles. The maximum Gasteiger partial charge on any atom is 0.204 e. The second-order valence-electron chi connectivity index (χ2n) is 4.08. The number of thioether (sulfide) groups is 1. The predicted molar refractivity (Wildman–Crippen MR) is 65.6 cm³/mol. The highest BCUT2D eigenvalue weighted by atomic mass is 32.2. The van der Waals surface area contributed by atoms with Gasteiger partial charge in [0.1, 0.15) is 5.76 Å². The van der Waals surface area contributed by atoms with Gasteiger partial charge in [-0.3, -0.25) is 0 Å². The van der Waals surface area contributed by atoms with Crippen molar-refractivity contribution >= 4 is 11.8 Å². The Labute approximate surface area is 101 Å². The fourth-order valence-corrected chi connectivity index (χ4v) is 2.75. The molecule has 0 unspecified atom stereocenters. The zero-order valence-electron chi connectivity index (χ0n) is 9.78. The Bertz CT molecular complexity index is 308. The summed E-state index contributed by atoms with van der Waals surface area (Å²) in [6.07, 6.45) is 6.93. The first-order valence-corrected chi connectivity index (χ1v) is 7.17. The van der Waals surface area contributed by atoms with Gasteiger partial charge in [0.2, 0.25) is 5.89 Å². The number of nitrogens with zero attached hydrogens (tertiary/aromatic N) is 1. The second kappa shape index (κ2) is 6.30. The Kier molecular flexibility index (Phi) is 4.72. The zero-order chi connectivity index (χ0) is 11.2. The molecule has 1 aromatic heterocycles. The fraction of sp³-hybridized carbons (Fsp3) is 0.750. The van der Waals surface area contributed by atoms with Crippen LogP contribution in [0.5, 0.6) is 0 Å². The summed E-state index contributed by atoms with van der Waals surface area (Å²) < 4.78 is 11.2. The van der Waals surface area contributed by atoms with Gasteiger partial charge in [0.15, 0.2) is 0 Å². The Balaban J connectivity index is 1.66. The van der Waals surface area contributed by atoms with Gasteiger partial charge >= 0.3 is 0 Å². The van der Waals surface area contributed by atoms with Crippen LogP contribution in [0.2, 0.25) is 0 Å². The second-order valence-corrected chi connectivity index (χ2v) is 5.11. The highest BCUT2D eigenvalue weighted by Crippen LogP contribution is 2.20. The van der Waals surface area contributed by atoms with Crippen LogP contribution in [0, 0.1) is 0 Å². The van der Waals surface area contributed by atoms with Crippen molar-refractivity contribution in [1.29, 1.82) is 0 Å². The first kappa shape index (κ1) is 12.0. The number of rotatable bonds is 5. The van der Waals surface area contributed by atoms with Crippen molar-refractivity contribution in [1.82, 2.24) is 4.98 Å². The summed E-state index contributed by atoms with van der Waals surface area (Å²) in [5, 5.41) is 0. The average molecular weight is 241 g/mol. The summed E-state index contributed by atoms with van der Waals surface area (Å²) in [4.78, 5) is 4.24. The van der Waals surface area contributed by atoms with Crippen molar-refractivity contribution in [3.63, 3.8) is 0 Å². The molecule has 1 saturated heterocycles. The molecule has 0 aromatic carbocycles. The van der Waals surface area contributed by atoms with E-state index in [2.05, 4.69) is 11.9 Å². The Morgan fingerprint density at radius 2 is 2.44 bits per heavy atom. The third-order valence-electron chi connectivity index (χ3n) is 2.75. The molecule has 4 heteroatoms. The molecule has 0 amide bonds. The minimum atomic E-state index is 0.444. The summed E-state index contributed by atoms with van der Waals surface area (Å²) in [6.45, 7) is 3.01. The lowest BCUT2D eigenvalue weighted by Gasteiger charge is -2.21. The van der Waals surface area contributed by atoms with Gasteiger partial charge < -0.3 is 9.15 Å². The molecular formula is C12H19NO2S. The number of hydrogen-bond donors (Lipinski definition) is 0. The van der Waals surface area contributed by atoms with E-state index in [9.17, 15) is 0 Å². The molecular weight excluding hydrogens is 222 g/mol. The van der Waals surface area contributed by atoms with Crippen molar-refractivity contribution in [2.75, 3.05) is 12.4 Å². The van der Waals surface area contributed by atoms with Gasteiger partial charge in [-0.2, -0.15) is 0 Å². The SMILES string of the molecule is CCc1cnc(CSC[C@H]2CCCCO2)o1. The summed E-state index contributed by atoms with van der Waals surface area (Å²) >= 11 is 1.86. The highest BCUT2D eigenvalue weighted by Gasteiger charge is 2.14. The molecule has 0 N–H and O–H groups in total. The number of aromatic nitrogens is 1. The van der Waals surface area contributed by atoms with Crippen LogP contribution in [0.25, 0.3) is 0 Å². The largest absolute Gasteiger partial charge is 0.445 e. The molecule has 0 radical (unpaired) electrons. The maximum atomic E-state index is 5.67. The van der Waals surface area contributed by atoms with Gasteiger partial charge in [0, 0.05) is 18.8 Å². The van der Waals surface area contributed by atoms with E-state index in [0.717, 1.165) is 36.2 Å². The van der Waals surface area contributed by atoms with E-state index in [0.29, 0.717) is 6.10 Å². The first-order chi connectivity index (χ1) is 7.88. The number of oxazole rings is 1. The van der Waals surface area contributed by atoms with Crippen molar-refractivity contribution in [3.05, 3.63) is 17.8 Å². The van der Waals surface area contributed by atoms with Crippen molar-refractivity contribution < 1.29 is 9.15 Å². The van der Waals surface area contributed by atoms with E-state index >= 15 is 0 Å². The van der Waals surface area contributed by atoms with Crippen molar-refractivity contribution in [2.45, 2.75) is 44.5 Å². The average Bonchev–Trinajstić information content (AvgIpc) is 2.78. The number of hydrogen-bond acceptors (Lipinski definition) is 4. The number of aryl methyl sites for hydroxylation is 1. The molecule has 0 spiro atoms. The van der Waals surface area contributed by atoms with E-state index in [-0.39, 0.29) is 0 Å². The van der Waals surface area contributed by atoms with Gasteiger partial charge in [-0.1, -0.05) is 6.92 Å². The molecule has 16 heavy (non-hydrogen) atoms. The summed E-state index contributed by atoms with van der Waals surface area (Å²) in [5.41, 5.74) is 0. The molecule has 0 aliphatic carbocycles. The van der Waals surface area contributed by atoms with Gasteiger partial charge in [-0.15, -0.1) is 11.8 Å². The van der Waals surface area contributed by atoms with Gasteiger partial charge in [-0.05, 0) is 19.3 Å². The molecule has 90 valence electrons. The van der Waals surface area contributed by atoms with E-state index in [1.54, 1.807) is 0 Å². The van der Waals surface area contributed by atoms with Crippen LogP contribution < -0.4 is 0 Å². The minimum Gasteiger partial charge on any atom is -0.445 e. The van der Waals surface area contributed by atoms with Gasteiger partial charge in [0.25, 0.3) is 0 Å². The van der Waals surface area contributed by atoms with Crippen LogP contribution >= 0.6 is 11.8 Å². The Morgan fingerprint density at radius 3 is 3.12 bits per heavy atom. The summed E-state index contributed by atoms with van der Waals surface area (Å²) in [5.74, 6) is 3.74. The standard InChI is InChI=1S/C12H19NO2S/c1-2-10-7-13-12(15-10)9-16-8-11-5-3-4-6-14-11/h7,11H,2-6,8-9H2,1H3/t11-/m1/s1. The molecule has 2 rings (SSSR count). The molecule has 2 heterocycles. The zero-order valence-corrected chi connectivity index (χ0v) is 10.6. The molecule has 0 saturated carbocycles. The third kappa shape index (κ3) is 3.52. The lowest BCUT2D eigenvalue weighted by Crippen LogP contribution is -2.21. The van der Waals surface area contributed by atoms with E-state index in [4.69, 9.17) is 9.15 Å². The topological polar surface area (TPSA) is 35.3 Å². The Morgan fingerprint density at radius 1 is 1.50 bits per heavy atom. The van der Waals surface area contributed by atoms with Gasteiger partial charge in [-0.25, -0.2) is 4.98 Å². The molecule has 1 fully saturated rings. The quantitative estimate of drug-likeness (QED) is 0.793. The smallest absolute Gasteiger partial charge is 0.204 e. The van der Waals surface area contributed by atoms with E-state index in [1.807, 2.05) is 18.0 Å². The van der Waals surface area contributed by atoms with Crippen molar-refractivity contribution in [2.24, 2.45) is 0 Å². The molecule has 3 nitrogen and oxygen atoms in total. The van der Waals surface area contributed by atoms with Crippen LogP contribution in [-0.2, 0) is 16.9 Å². The summed E-state index contributed by atoms with van der Waals surface area (Å²) in [7, 11) is 0. The van der Waals surface area contributed by atoms with E-state index < -0.39 is 0 Å².